The van der Waals surface area contributed by atoms with E-state index in [0.717, 1.165) is 12.1 Å². The summed E-state index contributed by atoms with van der Waals surface area (Å²) in [6, 6.07) is 10.3. The van der Waals surface area contributed by atoms with E-state index < -0.39 is 17.6 Å². The van der Waals surface area contributed by atoms with Crippen LogP contribution in [0.5, 0.6) is 0 Å². The predicted molar refractivity (Wildman–Crippen MR) is 76.2 cm³/mol. The average Bonchev–Trinajstić information content (AvgIpc) is 2.49. The molecule has 1 N–H and O–H groups in total. The Morgan fingerprint density at radius 2 is 1.90 bits per heavy atom. The van der Waals surface area contributed by atoms with Crippen LogP contribution in [0, 0.1) is 11.6 Å². The number of methoxy groups -OCH3 is 1. The van der Waals surface area contributed by atoms with Gasteiger partial charge in [-0.2, -0.15) is 0 Å². The Hall–Kier alpha value is -2.43. The van der Waals surface area contributed by atoms with E-state index in [1.807, 2.05) is 6.92 Å². The summed E-state index contributed by atoms with van der Waals surface area (Å²) < 4.78 is 30.8. The lowest BCUT2D eigenvalue weighted by Crippen LogP contribution is -2.08. The van der Waals surface area contributed by atoms with Crippen LogP contribution >= 0.6 is 0 Å². The molecule has 5 heteroatoms. The van der Waals surface area contributed by atoms with Crippen molar-refractivity contribution in [3.8, 4) is 0 Å². The van der Waals surface area contributed by atoms with Crippen LogP contribution in [0.1, 0.15) is 28.9 Å². The summed E-state index contributed by atoms with van der Waals surface area (Å²) in [5.74, 6) is -2.19. The van der Waals surface area contributed by atoms with Gasteiger partial charge >= 0.3 is 5.97 Å². The fraction of sp³-hybridized carbons (Fsp3) is 0.188. The number of esters is 1. The zero-order chi connectivity index (χ0) is 15.4. The van der Waals surface area contributed by atoms with Crippen molar-refractivity contribution in [1.29, 1.82) is 0 Å². The van der Waals surface area contributed by atoms with Gasteiger partial charge in [0.25, 0.3) is 0 Å². The average molecular weight is 291 g/mol. The predicted octanol–water partition coefficient (Wildman–Crippen LogP) is 3.92. The van der Waals surface area contributed by atoms with E-state index in [1.54, 1.807) is 24.3 Å². The standard InChI is InChI=1S/C16H15F2NO2/c1-10(11-6-7-14(17)15(18)9-11)19-13-5-3-4-12(8-13)16(20)21-2/h3-10,19H,1-2H3. The molecular weight excluding hydrogens is 276 g/mol. The van der Waals surface area contributed by atoms with Crippen LogP contribution in [0.25, 0.3) is 0 Å². The third kappa shape index (κ3) is 3.56. The van der Waals surface area contributed by atoms with Crippen molar-refractivity contribution in [3.05, 3.63) is 65.2 Å². The van der Waals surface area contributed by atoms with Gasteiger partial charge in [-0.05, 0) is 42.8 Å². The number of nitrogens with one attached hydrogen (secondary N) is 1. The molecule has 0 aliphatic rings. The van der Waals surface area contributed by atoms with Gasteiger partial charge in [0.2, 0.25) is 0 Å². The summed E-state index contributed by atoms with van der Waals surface area (Å²) >= 11 is 0. The van der Waals surface area contributed by atoms with Crippen molar-refractivity contribution < 1.29 is 18.3 Å². The van der Waals surface area contributed by atoms with Gasteiger partial charge < -0.3 is 10.1 Å². The molecule has 0 saturated heterocycles. The Bertz CT molecular complexity index is 658. The number of carbonyl (C=O) groups is 1. The maximum absolute atomic E-state index is 13.2. The van der Waals surface area contributed by atoms with Crippen LogP contribution in [0.15, 0.2) is 42.5 Å². The number of halogens is 2. The molecule has 2 aromatic carbocycles. The molecule has 110 valence electrons. The molecule has 0 amide bonds. The number of hydrogen-bond acceptors (Lipinski definition) is 3. The monoisotopic (exact) mass is 291 g/mol. The van der Waals surface area contributed by atoms with E-state index in [4.69, 9.17) is 0 Å². The molecule has 1 atom stereocenters. The number of benzene rings is 2. The van der Waals surface area contributed by atoms with Gasteiger partial charge in [-0.25, -0.2) is 13.6 Å². The minimum atomic E-state index is -0.885. The van der Waals surface area contributed by atoms with E-state index in [1.165, 1.54) is 13.2 Å². The topological polar surface area (TPSA) is 38.3 Å². The van der Waals surface area contributed by atoms with Crippen LogP contribution in [0.2, 0.25) is 0 Å². The highest BCUT2D eigenvalue weighted by atomic mass is 19.2. The largest absolute Gasteiger partial charge is 0.465 e. The molecule has 0 bridgehead atoms. The van der Waals surface area contributed by atoms with Crippen molar-refractivity contribution in [2.75, 3.05) is 12.4 Å². The van der Waals surface area contributed by atoms with E-state index in [-0.39, 0.29) is 6.04 Å². The quantitative estimate of drug-likeness (QED) is 0.868. The van der Waals surface area contributed by atoms with Gasteiger partial charge in [0, 0.05) is 11.7 Å². The van der Waals surface area contributed by atoms with Crippen molar-refractivity contribution >= 4 is 11.7 Å². The maximum atomic E-state index is 13.2. The minimum Gasteiger partial charge on any atom is -0.465 e. The Labute approximate surface area is 121 Å². The highest BCUT2D eigenvalue weighted by Crippen LogP contribution is 2.21. The molecule has 0 aliphatic carbocycles. The van der Waals surface area contributed by atoms with Crippen LogP contribution in [-0.2, 0) is 4.74 Å². The fourth-order valence-corrected chi connectivity index (χ4v) is 1.97. The molecular formula is C16H15F2NO2. The molecule has 2 aromatic rings. The Morgan fingerprint density at radius 3 is 2.57 bits per heavy atom. The molecule has 0 aromatic heterocycles. The number of carbonyl (C=O) groups excluding carboxylic acids is 1. The van der Waals surface area contributed by atoms with E-state index >= 15 is 0 Å². The van der Waals surface area contributed by atoms with Gasteiger partial charge in [-0.1, -0.05) is 12.1 Å². The molecule has 3 nitrogen and oxygen atoms in total. The first-order valence-corrected chi connectivity index (χ1v) is 6.41. The summed E-state index contributed by atoms with van der Waals surface area (Å²) in [7, 11) is 1.31. The zero-order valence-corrected chi connectivity index (χ0v) is 11.7. The first-order chi connectivity index (χ1) is 10.0. The molecule has 0 fully saturated rings. The second kappa shape index (κ2) is 6.35. The van der Waals surface area contributed by atoms with Gasteiger partial charge in [0.1, 0.15) is 0 Å². The lowest BCUT2D eigenvalue weighted by molar-refractivity contribution is 0.0601. The molecule has 2 rings (SSSR count). The van der Waals surface area contributed by atoms with Crippen molar-refractivity contribution in [3.63, 3.8) is 0 Å². The van der Waals surface area contributed by atoms with E-state index in [9.17, 15) is 13.6 Å². The van der Waals surface area contributed by atoms with Crippen molar-refractivity contribution in [2.45, 2.75) is 13.0 Å². The Kier molecular flexibility index (Phi) is 4.52. The van der Waals surface area contributed by atoms with E-state index in [0.29, 0.717) is 16.8 Å². The normalized spacial score (nSPS) is 11.8. The summed E-state index contributed by atoms with van der Waals surface area (Å²) in [6.07, 6.45) is 0. The third-order valence-corrected chi connectivity index (χ3v) is 3.11. The van der Waals surface area contributed by atoms with Crippen LogP contribution < -0.4 is 5.32 Å². The van der Waals surface area contributed by atoms with Gasteiger partial charge in [-0.3, -0.25) is 0 Å². The first-order valence-electron chi connectivity index (χ1n) is 6.41. The molecule has 1 unspecified atom stereocenters. The SMILES string of the molecule is COC(=O)c1cccc(NC(C)c2ccc(F)c(F)c2)c1. The van der Waals surface area contributed by atoms with Gasteiger partial charge in [0.05, 0.1) is 12.7 Å². The van der Waals surface area contributed by atoms with Crippen molar-refractivity contribution in [1.82, 2.24) is 0 Å². The lowest BCUT2D eigenvalue weighted by Gasteiger charge is -2.16. The molecule has 0 aliphatic heterocycles. The lowest BCUT2D eigenvalue weighted by atomic mass is 10.1. The summed E-state index contributed by atoms with van der Waals surface area (Å²) in [5.41, 5.74) is 1.72. The molecule has 0 heterocycles. The van der Waals surface area contributed by atoms with Crippen LogP contribution in [-0.4, -0.2) is 13.1 Å². The fourth-order valence-electron chi connectivity index (χ4n) is 1.97. The maximum Gasteiger partial charge on any atom is 0.337 e. The molecule has 0 spiro atoms. The minimum absolute atomic E-state index is 0.243. The molecule has 0 radical (unpaired) electrons. The second-order valence-electron chi connectivity index (χ2n) is 4.61. The summed E-state index contributed by atoms with van der Waals surface area (Å²) in [5, 5.41) is 3.13. The molecule has 21 heavy (non-hydrogen) atoms. The molecule has 0 saturated carbocycles. The highest BCUT2D eigenvalue weighted by Gasteiger charge is 2.11. The Balaban J connectivity index is 2.17. The smallest absolute Gasteiger partial charge is 0.337 e. The number of ether oxygens (including phenoxy) is 1. The zero-order valence-electron chi connectivity index (χ0n) is 11.7. The van der Waals surface area contributed by atoms with Crippen LogP contribution in [0.4, 0.5) is 14.5 Å². The number of anilines is 1. The van der Waals surface area contributed by atoms with Gasteiger partial charge in [0.15, 0.2) is 11.6 Å². The van der Waals surface area contributed by atoms with Crippen LogP contribution in [0.3, 0.4) is 0 Å². The number of hydrogen-bond donors (Lipinski definition) is 1. The summed E-state index contributed by atoms with van der Waals surface area (Å²) in [4.78, 5) is 11.5. The highest BCUT2D eigenvalue weighted by molar-refractivity contribution is 5.90. The van der Waals surface area contributed by atoms with Gasteiger partial charge in [-0.15, -0.1) is 0 Å². The summed E-state index contributed by atoms with van der Waals surface area (Å²) in [6.45, 7) is 1.82. The second-order valence-corrected chi connectivity index (χ2v) is 4.61. The third-order valence-electron chi connectivity index (χ3n) is 3.11. The first kappa shape index (κ1) is 15.0. The number of rotatable bonds is 4. The Morgan fingerprint density at radius 1 is 1.14 bits per heavy atom. The van der Waals surface area contributed by atoms with E-state index in [2.05, 4.69) is 10.1 Å². The van der Waals surface area contributed by atoms with Crippen molar-refractivity contribution in [2.24, 2.45) is 0 Å².